The van der Waals surface area contributed by atoms with Crippen LogP contribution in [0.2, 0.25) is 0 Å². The fourth-order valence-corrected chi connectivity index (χ4v) is 2.09. The van der Waals surface area contributed by atoms with Crippen LogP contribution in [-0.4, -0.2) is 43.6 Å². The molecule has 0 aromatic carbocycles. The lowest BCUT2D eigenvalue weighted by molar-refractivity contribution is -0.140. The lowest BCUT2D eigenvalue weighted by atomic mass is 10.1. The summed E-state index contributed by atoms with van der Waals surface area (Å²) in [5.74, 6) is 0.181. The fourth-order valence-electron chi connectivity index (χ4n) is 2.09. The van der Waals surface area contributed by atoms with Crippen molar-refractivity contribution in [2.24, 2.45) is 0 Å². The third-order valence-corrected chi connectivity index (χ3v) is 3.18. The van der Waals surface area contributed by atoms with Gasteiger partial charge in [-0.3, -0.25) is 0 Å². The molecule has 2 atom stereocenters. The topological polar surface area (TPSA) is 106 Å². The van der Waals surface area contributed by atoms with Crippen LogP contribution in [0.1, 0.15) is 59.2 Å². The van der Waals surface area contributed by atoms with Gasteiger partial charge in [-0.1, -0.05) is 13.8 Å². The number of ether oxygens (including phenoxy) is 1. The standard InChI is InChI=1S/C15H26N4O4/c1-7-10-16-11(8-2)19(18-10)9(3)12(13(20)21)17-14(22)23-15(4,5)6/h9,12H,7-8H2,1-6H3,(H,17,22)(H,20,21). The lowest BCUT2D eigenvalue weighted by Crippen LogP contribution is -2.48. The van der Waals surface area contributed by atoms with Crippen molar-refractivity contribution in [3.8, 4) is 0 Å². The zero-order valence-corrected chi connectivity index (χ0v) is 14.6. The van der Waals surface area contributed by atoms with Crippen LogP contribution in [0.15, 0.2) is 0 Å². The van der Waals surface area contributed by atoms with Crippen LogP contribution < -0.4 is 5.32 Å². The first-order chi connectivity index (χ1) is 10.6. The van der Waals surface area contributed by atoms with Gasteiger partial charge in [0.25, 0.3) is 0 Å². The van der Waals surface area contributed by atoms with E-state index >= 15 is 0 Å². The van der Waals surface area contributed by atoms with Crippen molar-refractivity contribution in [2.75, 3.05) is 0 Å². The number of amides is 1. The molecule has 8 heteroatoms. The summed E-state index contributed by atoms with van der Waals surface area (Å²) in [5.41, 5.74) is -0.701. The van der Waals surface area contributed by atoms with E-state index in [-0.39, 0.29) is 0 Å². The quantitative estimate of drug-likeness (QED) is 0.827. The number of carbonyl (C=O) groups is 2. The molecule has 0 aliphatic heterocycles. The molecule has 0 saturated heterocycles. The number of nitrogens with one attached hydrogen (secondary N) is 1. The van der Waals surface area contributed by atoms with E-state index in [9.17, 15) is 14.7 Å². The molecular weight excluding hydrogens is 300 g/mol. The van der Waals surface area contributed by atoms with Crippen LogP contribution in [0.4, 0.5) is 4.79 Å². The second-order valence-electron chi connectivity index (χ2n) is 6.30. The van der Waals surface area contributed by atoms with Crippen LogP contribution in [0.3, 0.4) is 0 Å². The summed E-state index contributed by atoms with van der Waals surface area (Å²) in [6.07, 6.45) is 0.505. The number of hydrogen-bond donors (Lipinski definition) is 2. The molecule has 1 rings (SSSR count). The van der Waals surface area contributed by atoms with E-state index in [0.29, 0.717) is 24.5 Å². The first kappa shape index (κ1) is 18.9. The molecule has 0 aliphatic rings. The van der Waals surface area contributed by atoms with E-state index in [1.165, 1.54) is 0 Å². The first-order valence-corrected chi connectivity index (χ1v) is 7.75. The molecule has 1 amide bonds. The van der Waals surface area contributed by atoms with Gasteiger partial charge in [0.2, 0.25) is 0 Å². The normalized spacial score (nSPS) is 14.2. The molecule has 0 fully saturated rings. The van der Waals surface area contributed by atoms with Gasteiger partial charge in [-0.2, -0.15) is 5.10 Å². The molecule has 2 N–H and O–H groups in total. The summed E-state index contributed by atoms with van der Waals surface area (Å²) in [5, 5.41) is 16.2. The number of carboxylic acids is 1. The molecule has 23 heavy (non-hydrogen) atoms. The van der Waals surface area contributed by atoms with Crippen molar-refractivity contribution in [3.05, 3.63) is 11.6 Å². The van der Waals surface area contributed by atoms with E-state index in [0.717, 1.165) is 0 Å². The first-order valence-electron chi connectivity index (χ1n) is 7.75. The Balaban J connectivity index is 2.99. The monoisotopic (exact) mass is 326 g/mol. The number of alkyl carbamates (subject to hydrolysis) is 1. The number of aliphatic carboxylic acids is 1. The summed E-state index contributed by atoms with van der Waals surface area (Å²) < 4.78 is 6.69. The minimum atomic E-state index is -1.17. The number of carboxylic acid groups (broad SMARTS) is 1. The summed E-state index contributed by atoms with van der Waals surface area (Å²) in [4.78, 5) is 27.8. The van der Waals surface area contributed by atoms with Crippen molar-refractivity contribution in [1.29, 1.82) is 0 Å². The van der Waals surface area contributed by atoms with Crippen LogP contribution in [0.25, 0.3) is 0 Å². The minimum absolute atomic E-state index is 0.595. The Morgan fingerprint density at radius 3 is 2.35 bits per heavy atom. The molecule has 0 saturated carbocycles. The highest BCUT2D eigenvalue weighted by molar-refractivity contribution is 5.80. The Labute approximate surface area is 136 Å². The van der Waals surface area contributed by atoms with E-state index in [1.807, 2.05) is 13.8 Å². The van der Waals surface area contributed by atoms with Crippen LogP contribution >= 0.6 is 0 Å². The highest BCUT2D eigenvalue weighted by atomic mass is 16.6. The summed E-state index contributed by atoms with van der Waals surface area (Å²) in [7, 11) is 0. The molecule has 1 heterocycles. The Bertz CT molecular complexity index is 562. The second kappa shape index (κ2) is 7.43. The molecule has 0 bridgehead atoms. The third-order valence-electron chi connectivity index (χ3n) is 3.18. The zero-order chi connectivity index (χ0) is 17.8. The summed E-state index contributed by atoms with van der Waals surface area (Å²) >= 11 is 0. The van der Waals surface area contributed by atoms with Gasteiger partial charge in [-0.15, -0.1) is 0 Å². The Hall–Kier alpha value is -2.12. The molecule has 8 nitrogen and oxygen atoms in total. The van der Waals surface area contributed by atoms with Gasteiger partial charge in [-0.05, 0) is 27.7 Å². The molecular formula is C15H26N4O4. The van der Waals surface area contributed by atoms with E-state index in [1.54, 1.807) is 32.4 Å². The molecule has 1 aromatic heterocycles. The SMILES string of the molecule is CCc1nc(CC)n(C(C)C(NC(=O)OC(C)(C)C)C(=O)O)n1. The number of aryl methyl sites for hydroxylation is 2. The number of rotatable bonds is 6. The van der Waals surface area contributed by atoms with Gasteiger partial charge in [0, 0.05) is 12.8 Å². The molecule has 0 spiro atoms. The summed E-state index contributed by atoms with van der Waals surface area (Å²) in [6, 6.07) is -1.76. The maximum absolute atomic E-state index is 11.9. The average molecular weight is 326 g/mol. The fraction of sp³-hybridized carbons (Fsp3) is 0.733. The largest absolute Gasteiger partial charge is 0.480 e. The number of carbonyl (C=O) groups excluding carboxylic acids is 1. The maximum atomic E-state index is 11.9. The van der Waals surface area contributed by atoms with Crippen LogP contribution in [0.5, 0.6) is 0 Å². The van der Waals surface area contributed by atoms with Gasteiger partial charge in [-0.25, -0.2) is 19.3 Å². The predicted molar refractivity (Wildman–Crippen MR) is 84.3 cm³/mol. The molecule has 0 radical (unpaired) electrons. The Morgan fingerprint density at radius 2 is 1.91 bits per heavy atom. The number of hydrogen-bond acceptors (Lipinski definition) is 5. The zero-order valence-electron chi connectivity index (χ0n) is 14.6. The highest BCUT2D eigenvalue weighted by Gasteiger charge is 2.31. The van der Waals surface area contributed by atoms with Gasteiger partial charge in [0.05, 0.1) is 6.04 Å². The third kappa shape index (κ3) is 5.22. The van der Waals surface area contributed by atoms with Gasteiger partial charge in [0.1, 0.15) is 11.4 Å². The Morgan fingerprint density at radius 1 is 1.30 bits per heavy atom. The van der Waals surface area contributed by atoms with Crippen molar-refractivity contribution in [1.82, 2.24) is 20.1 Å². The lowest BCUT2D eigenvalue weighted by Gasteiger charge is -2.25. The minimum Gasteiger partial charge on any atom is -0.480 e. The van der Waals surface area contributed by atoms with Crippen molar-refractivity contribution in [3.63, 3.8) is 0 Å². The molecule has 0 aliphatic carbocycles. The predicted octanol–water partition coefficient (Wildman–Crippen LogP) is 1.94. The Kier molecular flexibility index (Phi) is 6.12. The van der Waals surface area contributed by atoms with E-state index < -0.39 is 29.7 Å². The van der Waals surface area contributed by atoms with Crippen molar-refractivity contribution < 1.29 is 19.4 Å². The maximum Gasteiger partial charge on any atom is 0.408 e. The second-order valence-corrected chi connectivity index (χ2v) is 6.30. The van der Waals surface area contributed by atoms with Crippen LogP contribution in [0, 0.1) is 0 Å². The molecule has 2 unspecified atom stereocenters. The molecule has 130 valence electrons. The average Bonchev–Trinajstić information content (AvgIpc) is 2.85. The highest BCUT2D eigenvalue weighted by Crippen LogP contribution is 2.16. The van der Waals surface area contributed by atoms with Crippen molar-refractivity contribution in [2.45, 2.75) is 72.1 Å². The smallest absolute Gasteiger partial charge is 0.408 e. The van der Waals surface area contributed by atoms with Gasteiger partial charge < -0.3 is 15.2 Å². The van der Waals surface area contributed by atoms with Crippen molar-refractivity contribution >= 4 is 12.1 Å². The van der Waals surface area contributed by atoms with Crippen LogP contribution in [-0.2, 0) is 22.4 Å². The van der Waals surface area contributed by atoms with Gasteiger partial charge in [0.15, 0.2) is 11.9 Å². The van der Waals surface area contributed by atoms with Gasteiger partial charge >= 0.3 is 12.1 Å². The van der Waals surface area contributed by atoms with E-state index in [4.69, 9.17) is 4.74 Å². The number of aromatic nitrogens is 3. The number of nitrogens with zero attached hydrogens (tertiary/aromatic N) is 3. The van der Waals surface area contributed by atoms with E-state index in [2.05, 4.69) is 15.4 Å². The molecule has 1 aromatic rings. The summed E-state index contributed by atoms with van der Waals surface area (Å²) in [6.45, 7) is 10.7.